The lowest BCUT2D eigenvalue weighted by molar-refractivity contribution is -0.121. The van der Waals surface area contributed by atoms with E-state index in [-0.39, 0.29) is 23.9 Å². The number of rotatable bonds is 6. The molecule has 0 saturated carbocycles. The zero-order chi connectivity index (χ0) is 17.1. The van der Waals surface area contributed by atoms with Crippen LogP contribution in [0.5, 0.6) is 0 Å². The summed E-state index contributed by atoms with van der Waals surface area (Å²) in [6, 6.07) is 0.0734. The van der Waals surface area contributed by atoms with Crippen LogP contribution in [0.2, 0.25) is 0 Å². The highest BCUT2D eigenvalue weighted by Crippen LogP contribution is 2.33. The Morgan fingerprint density at radius 2 is 2.25 bits per heavy atom. The number of amides is 1. The molecule has 2 aromatic rings. The van der Waals surface area contributed by atoms with E-state index >= 15 is 0 Å². The lowest BCUT2D eigenvalue weighted by Crippen LogP contribution is -2.30. The van der Waals surface area contributed by atoms with E-state index in [1.165, 1.54) is 16.9 Å². The van der Waals surface area contributed by atoms with Gasteiger partial charge in [-0.25, -0.2) is 4.98 Å². The normalized spacial score (nSPS) is 15.2. The van der Waals surface area contributed by atoms with E-state index in [0.717, 1.165) is 35.9 Å². The molecule has 0 aromatic carbocycles. The summed E-state index contributed by atoms with van der Waals surface area (Å²) >= 11 is 1.65. The molecule has 2 heterocycles. The first-order chi connectivity index (χ1) is 11.6. The number of nitrogens with one attached hydrogen (secondary N) is 1. The minimum absolute atomic E-state index is 0.0113. The Bertz CT molecular complexity index is 794. The van der Waals surface area contributed by atoms with Crippen molar-refractivity contribution in [2.24, 2.45) is 5.73 Å². The van der Waals surface area contributed by atoms with Crippen molar-refractivity contribution in [3.8, 4) is 0 Å². The van der Waals surface area contributed by atoms with Gasteiger partial charge in [-0.15, -0.1) is 11.3 Å². The largest absolute Gasteiger partial charge is 0.356 e. The molecule has 0 saturated heterocycles. The Hall–Kier alpha value is -1.73. The zero-order valence-corrected chi connectivity index (χ0v) is 14.8. The van der Waals surface area contributed by atoms with Gasteiger partial charge in [-0.05, 0) is 44.6 Å². The molecule has 0 fully saturated rings. The molecule has 7 heteroatoms. The van der Waals surface area contributed by atoms with Gasteiger partial charge in [0.1, 0.15) is 4.83 Å². The first kappa shape index (κ1) is 17.1. The summed E-state index contributed by atoms with van der Waals surface area (Å²) in [4.78, 5) is 31.2. The van der Waals surface area contributed by atoms with E-state index in [2.05, 4.69) is 10.3 Å². The van der Waals surface area contributed by atoms with Crippen molar-refractivity contribution < 1.29 is 4.79 Å². The molecular weight excluding hydrogens is 324 g/mol. The molecule has 1 unspecified atom stereocenters. The van der Waals surface area contributed by atoms with Crippen molar-refractivity contribution in [1.29, 1.82) is 0 Å². The number of carbonyl (C=O) groups is 1. The number of fused-ring (bicyclic) bond motifs is 3. The predicted molar refractivity (Wildman–Crippen MR) is 96.4 cm³/mol. The van der Waals surface area contributed by atoms with Gasteiger partial charge in [-0.3, -0.25) is 14.2 Å². The Kier molecular flexibility index (Phi) is 5.30. The van der Waals surface area contributed by atoms with Gasteiger partial charge < -0.3 is 11.1 Å². The number of nitrogens with zero attached hydrogens (tertiary/aromatic N) is 2. The molecule has 130 valence electrons. The Balaban J connectivity index is 1.70. The quantitative estimate of drug-likeness (QED) is 0.829. The third kappa shape index (κ3) is 3.67. The van der Waals surface area contributed by atoms with Crippen molar-refractivity contribution in [1.82, 2.24) is 14.9 Å². The second-order valence-corrected chi connectivity index (χ2v) is 7.58. The van der Waals surface area contributed by atoms with Crippen LogP contribution in [-0.4, -0.2) is 28.0 Å². The second kappa shape index (κ2) is 7.44. The number of aromatic nitrogens is 2. The minimum Gasteiger partial charge on any atom is -0.356 e. The number of nitrogens with two attached hydrogens (primary N) is 1. The summed E-state index contributed by atoms with van der Waals surface area (Å²) in [5.41, 5.74) is 6.84. The van der Waals surface area contributed by atoms with Crippen LogP contribution in [0, 0.1) is 0 Å². The van der Waals surface area contributed by atoms with Crippen LogP contribution >= 0.6 is 11.3 Å². The summed E-state index contributed by atoms with van der Waals surface area (Å²) in [6.07, 6.45) is 6.94. The summed E-state index contributed by atoms with van der Waals surface area (Å²) in [6.45, 7) is 2.84. The van der Waals surface area contributed by atoms with Gasteiger partial charge in [0.2, 0.25) is 5.91 Å². The Labute approximate surface area is 145 Å². The van der Waals surface area contributed by atoms with Crippen LogP contribution in [-0.2, 0) is 24.2 Å². The van der Waals surface area contributed by atoms with Gasteiger partial charge in [-0.1, -0.05) is 0 Å². The molecule has 24 heavy (non-hydrogen) atoms. The fourth-order valence-electron chi connectivity index (χ4n) is 3.09. The molecule has 3 N–H and O–H groups in total. The standard InChI is InChI=1S/C17H24N4O2S/c1-11(18)6-8-19-14(22)7-9-21-10-20-16-15(17(21)23)12-4-2-3-5-13(12)24-16/h10-11H,2-9,18H2,1H3,(H,19,22). The van der Waals surface area contributed by atoms with Crippen molar-refractivity contribution >= 4 is 27.5 Å². The maximum atomic E-state index is 12.8. The van der Waals surface area contributed by atoms with Gasteiger partial charge in [0.05, 0.1) is 11.7 Å². The lowest BCUT2D eigenvalue weighted by atomic mass is 9.97. The van der Waals surface area contributed by atoms with Gasteiger partial charge in [0.15, 0.2) is 0 Å². The van der Waals surface area contributed by atoms with Crippen LogP contribution in [0.3, 0.4) is 0 Å². The number of carbonyl (C=O) groups excluding carboxylic acids is 1. The van der Waals surface area contributed by atoms with Crippen LogP contribution < -0.4 is 16.6 Å². The van der Waals surface area contributed by atoms with E-state index in [1.807, 2.05) is 6.92 Å². The molecule has 0 bridgehead atoms. The molecule has 6 nitrogen and oxygen atoms in total. The first-order valence-electron chi connectivity index (χ1n) is 8.58. The summed E-state index contributed by atoms with van der Waals surface area (Å²) < 4.78 is 1.56. The van der Waals surface area contributed by atoms with Gasteiger partial charge >= 0.3 is 0 Å². The van der Waals surface area contributed by atoms with Crippen LogP contribution in [0.25, 0.3) is 10.2 Å². The van der Waals surface area contributed by atoms with Gasteiger partial charge in [0, 0.05) is 30.4 Å². The molecule has 1 amide bonds. The minimum atomic E-state index is -0.0602. The molecule has 0 spiro atoms. The van der Waals surface area contributed by atoms with Gasteiger partial charge in [0.25, 0.3) is 5.56 Å². The maximum Gasteiger partial charge on any atom is 0.262 e. The van der Waals surface area contributed by atoms with E-state index in [0.29, 0.717) is 13.1 Å². The molecule has 2 aromatic heterocycles. The fourth-order valence-corrected chi connectivity index (χ4v) is 4.31. The zero-order valence-electron chi connectivity index (χ0n) is 14.0. The number of hydrogen-bond donors (Lipinski definition) is 2. The molecule has 1 aliphatic rings. The Morgan fingerprint density at radius 3 is 3.04 bits per heavy atom. The molecule has 3 rings (SSSR count). The molecule has 0 radical (unpaired) electrons. The lowest BCUT2D eigenvalue weighted by Gasteiger charge is -2.11. The molecule has 0 aliphatic heterocycles. The van der Waals surface area contributed by atoms with Gasteiger partial charge in [-0.2, -0.15) is 0 Å². The third-order valence-corrected chi connectivity index (χ3v) is 5.64. The summed E-state index contributed by atoms with van der Waals surface area (Å²) in [5, 5.41) is 3.61. The van der Waals surface area contributed by atoms with Crippen LogP contribution in [0.4, 0.5) is 0 Å². The van der Waals surface area contributed by atoms with Crippen LogP contribution in [0.15, 0.2) is 11.1 Å². The van der Waals surface area contributed by atoms with Crippen molar-refractivity contribution in [2.75, 3.05) is 6.54 Å². The monoisotopic (exact) mass is 348 g/mol. The molecular formula is C17H24N4O2S. The highest BCUT2D eigenvalue weighted by molar-refractivity contribution is 7.18. The highest BCUT2D eigenvalue weighted by Gasteiger charge is 2.20. The first-order valence-corrected chi connectivity index (χ1v) is 9.40. The topological polar surface area (TPSA) is 90.0 Å². The summed E-state index contributed by atoms with van der Waals surface area (Å²) in [5.74, 6) is -0.0602. The van der Waals surface area contributed by atoms with Crippen molar-refractivity contribution in [3.05, 3.63) is 27.1 Å². The predicted octanol–water partition coefficient (Wildman–Crippen LogP) is 1.58. The highest BCUT2D eigenvalue weighted by atomic mass is 32.1. The average Bonchev–Trinajstić information content (AvgIpc) is 2.93. The SMILES string of the molecule is CC(N)CCNC(=O)CCn1cnc2sc3c(c2c1=O)CCCC3. The van der Waals surface area contributed by atoms with E-state index in [1.54, 1.807) is 22.2 Å². The molecule has 1 atom stereocenters. The third-order valence-electron chi connectivity index (χ3n) is 4.44. The van der Waals surface area contributed by atoms with E-state index in [4.69, 9.17) is 5.73 Å². The van der Waals surface area contributed by atoms with E-state index < -0.39 is 0 Å². The fraction of sp³-hybridized carbons (Fsp3) is 0.588. The number of aryl methyl sites for hydroxylation is 3. The van der Waals surface area contributed by atoms with Crippen LogP contribution in [0.1, 0.15) is 43.0 Å². The summed E-state index contributed by atoms with van der Waals surface area (Å²) in [7, 11) is 0. The number of hydrogen-bond acceptors (Lipinski definition) is 5. The van der Waals surface area contributed by atoms with Crippen molar-refractivity contribution in [3.63, 3.8) is 0 Å². The smallest absolute Gasteiger partial charge is 0.262 e. The van der Waals surface area contributed by atoms with Crippen molar-refractivity contribution in [2.45, 2.75) is 58.0 Å². The van der Waals surface area contributed by atoms with E-state index in [9.17, 15) is 9.59 Å². The molecule has 1 aliphatic carbocycles. The average molecular weight is 348 g/mol. The maximum absolute atomic E-state index is 12.8. The second-order valence-electron chi connectivity index (χ2n) is 6.50. The Morgan fingerprint density at radius 1 is 1.46 bits per heavy atom. The number of thiophene rings is 1.